The van der Waals surface area contributed by atoms with Crippen LogP contribution in [-0.2, 0) is 16.0 Å². The number of likely N-dealkylation sites (tertiary alicyclic amines) is 1. The number of hydrogen-bond acceptors (Lipinski definition) is 5. The predicted octanol–water partition coefficient (Wildman–Crippen LogP) is 2.09. The van der Waals surface area contributed by atoms with Crippen LogP contribution in [0.2, 0.25) is 0 Å². The maximum absolute atomic E-state index is 13.3. The SMILES string of the molecule is CNCC(=O)NC(Cc1ccccc1)C(O)CN1CC2CCCCC2CC1C(=O)NC(C)(C)C. The number of carbonyl (C=O) groups excluding carboxylic acids is 2. The summed E-state index contributed by atoms with van der Waals surface area (Å²) in [5, 5.41) is 20.4. The van der Waals surface area contributed by atoms with Crippen LogP contribution in [0.4, 0.5) is 0 Å². The van der Waals surface area contributed by atoms with E-state index in [0.717, 1.165) is 18.5 Å². The van der Waals surface area contributed by atoms with Gasteiger partial charge in [0.1, 0.15) is 0 Å². The van der Waals surface area contributed by atoms with Crippen molar-refractivity contribution >= 4 is 11.8 Å². The standard InChI is InChI=1S/C27H44N4O3/c1-27(2,3)30-26(34)23-15-20-12-8-9-13-21(20)17-31(23)18-24(32)22(29-25(33)16-28-4)14-19-10-6-5-7-11-19/h5-7,10-11,20-24,28,32H,8-9,12-18H2,1-4H3,(H,29,33)(H,30,34). The lowest BCUT2D eigenvalue weighted by Crippen LogP contribution is -2.60. The molecule has 2 fully saturated rings. The van der Waals surface area contributed by atoms with Crippen LogP contribution in [0, 0.1) is 11.8 Å². The summed E-state index contributed by atoms with van der Waals surface area (Å²) < 4.78 is 0. The highest BCUT2D eigenvalue weighted by molar-refractivity contribution is 5.82. The molecular weight excluding hydrogens is 428 g/mol. The van der Waals surface area contributed by atoms with Gasteiger partial charge in [0, 0.05) is 18.6 Å². The van der Waals surface area contributed by atoms with Gasteiger partial charge in [-0.2, -0.15) is 0 Å². The molecule has 1 saturated heterocycles. The minimum atomic E-state index is -0.786. The zero-order valence-electron chi connectivity index (χ0n) is 21.3. The van der Waals surface area contributed by atoms with Gasteiger partial charge in [0.05, 0.1) is 24.7 Å². The highest BCUT2D eigenvalue weighted by Crippen LogP contribution is 2.38. The molecule has 0 spiro atoms. The molecule has 2 amide bonds. The summed E-state index contributed by atoms with van der Waals surface area (Å²) in [4.78, 5) is 27.9. The van der Waals surface area contributed by atoms with Crippen molar-refractivity contribution in [3.05, 3.63) is 35.9 Å². The van der Waals surface area contributed by atoms with Gasteiger partial charge in [0.2, 0.25) is 11.8 Å². The monoisotopic (exact) mass is 472 g/mol. The topological polar surface area (TPSA) is 93.7 Å². The Bertz CT molecular complexity index is 795. The Labute approximate surface area is 205 Å². The number of hydrogen-bond donors (Lipinski definition) is 4. The van der Waals surface area contributed by atoms with Crippen LogP contribution in [0.1, 0.15) is 58.4 Å². The predicted molar refractivity (Wildman–Crippen MR) is 135 cm³/mol. The summed E-state index contributed by atoms with van der Waals surface area (Å²) in [6.07, 6.45) is 5.46. The van der Waals surface area contributed by atoms with Gasteiger partial charge in [0.25, 0.3) is 0 Å². The maximum atomic E-state index is 13.3. The molecule has 7 heteroatoms. The number of nitrogens with zero attached hydrogens (tertiary/aromatic N) is 1. The van der Waals surface area contributed by atoms with Crippen molar-refractivity contribution in [3.8, 4) is 0 Å². The smallest absolute Gasteiger partial charge is 0.237 e. The van der Waals surface area contributed by atoms with Gasteiger partial charge in [-0.3, -0.25) is 14.5 Å². The number of likely N-dealkylation sites (N-methyl/N-ethyl adjacent to an activating group) is 1. The van der Waals surface area contributed by atoms with Gasteiger partial charge in [-0.1, -0.05) is 49.6 Å². The van der Waals surface area contributed by atoms with Crippen LogP contribution >= 0.6 is 0 Å². The second-order valence-electron chi connectivity index (χ2n) is 11.2. The zero-order valence-corrected chi connectivity index (χ0v) is 21.3. The van der Waals surface area contributed by atoms with Crippen LogP contribution in [-0.4, -0.2) is 72.2 Å². The molecule has 0 radical (unpaired) electrons. The highest BCUT2D eigenvalue weighted by Gasteiger charge is 2.41. The number of aliphatic hydroxyl groups excluding tert-OH is 1. The Morgan fingerprint density at radius 3 is 2.44 bits per heavy atom. The Hall–Kier alpha value is -1.96. The average molecular weight is 473 g/mol. The van der Waals surface area contributed by atoms with E-state index in [1.807, 2.05) is 51.1 Å². The van der Waals surface area contributed by atoms with E-state index in [1.165, 1.54) is 25.7 Å². The molecule has 2 aliphatic rings. The largest absolute Gasteiger partial charge is 0.390 e. The number of carbonyl (C=O) groups is 2. The third-order valence-electron chi connectivity index (χ3n) is 7.17. The quantitative estimate of drug-likeness (QED) is 0.442. The van der Waals surface area contributed by atoms with Gasteiger partial charge < -0.3 is 21.1 Å². The molecule has 7 nitrogen and oxygen atoms in total. The fourth-order valence-electron chi connectivity index (χ4n) is 5.56. The van der Waals surface area contributed by atoms with Gasteiger partial charge in [-0.05, 0) is 64.5 Å². The van der Waals surface area contributed by atoms with E-state index >= 15 is 0 Å². The number of fused-ring (bicyclic) bond motifs is 1. The molecule has 34 heavy (non-hydrogen) atoms. The zero-order chi connectivity index (χ0) is 24.7. The fraction of sp³-hybridized carbons (Fsp3) is 0.704. The minimum Gasteiger partial charge on any atom is -0.390 e. The van der Waals surface area contributed by atoms with Crippen molar-refractivity contribution < 1.29 is 14.7 Å². The van der Waals surface area contributed by atoms with E-state index in [9.17, 15) is 14.7 Å². The van der Waals surface area contributed by atoms with E-state index in [-0.39, 0.29) is 29.9 Å². The average Bonchev–Trinajstić information content (AvgIpc) is 2.78. The molecule has 0 aromatic heterocycles. The van der Waals surface area contributed by atoms with Crippen molar-refractivity contribution in [2.75, 3.05) is 26.7 Å². The van der Waals surface area contributed by atoms with Crippen LogP contribution in [0.15, 0.2) is 30.3 Å². The molecule has 1 aromatic carbocycles. The normalized spacial score (nSPS) is 25.1. The summed E-state index contributed by atoms with van der Waals surface area (Å²) >= 11 is 0. The van der Waals surface area contributed by atoms with Crippen molar-refractivity contribution in [3.63, 3.8) is 0 Å². The first kappa shape index (κ1) is 26.6. The molecule has 0 bridgehead atoms. The van der Waals surface area contributed by atoms with Crippen molar-refractivity contribution in [2.45, 2.75) is 83.0 Å². The second kappa shape index (κ2) is 12.1. The molecule has 3 rings (SSSR count). The summed E-state index contributed by atoms with van der Waals surface area (Å²) in [5.74, 6) is 1.05. The Morgan fingerprint density at radius 2 is 1.79 bits per heavy atom. The lowest BCUT2D eigenvalue weighted by atomic mass is 9.72. The number of amides is 2. The van der Waals surface area contributed by atoms with E-state index in [0.29, 0.717) is 24.8 Å². The van der Waals surface area contributed by atoms with E-state index in [2.05, 4.69) is 20.9 Å². The molecule has 1 aliphatic heterocycles. The maximum Gasteiger partial charge on any atom is 0.237 e. The van der Waals surface area contributed by atoms with E-state index < -0.39 is 12.1 Å². The first-order chi connectivity index (χ1) is 16.2. The van der Waals surface area contributed by atoms with Crippen LogP contribution in [0.25, 0.3) is 0 Å². The third-order valence-corrected chi connectivity index (χ3v) is 7.17. The lowest BCUT2D eigenvalue weighted by molar-refractivity contribution is -0.133. The van der Waals surface area contributed by atoms with Crippen molar-refractivity contribution in [1.29, 1.82) is 0 Å². The fourth-order valence-corrected chi connectivity index (χ4v) is 5.56. The lowest BCUT2D eigenvalue weighted by Gasteiger charge is -2.47. The highest BCUT2D eigenvalue weighted by atomic mass is 16.3. The molecule has 1 heterocycles. The third kappa shape index (κ3) is 7.79. The first-order valence-corrected chi connectivity index (χ1v) is 12.9. The molecular formula is C27H44N4O3. The van der Waals surface area contributed by atoms with Crippen LogP contribution in [0.5, 0.6) is 0 Å². The summed E-state index contributed by atoms with van der Waals surface area (Å²) in [6, 6.07) is 9.23. The van der Waals surface area contributed by atoms with Gasteiger partial charge in [0.15, 0.2) is 0 Å². The number of benzene rings is 1. The molecule has 190 valence electrons. The Kier molecular flexibility index (Phi) is 9.51. The van der Waals surface area contributed by atoms with Crippen molar-refractivity contribution in [1.82, 2.24) is 20.9 Å². The number of piperidine rings is 1. The Balaban J connectivity index is 1.76. The summed E-state index contributed by atoms with van der Waals surface area (Å²) in [7, 11) is 1.73. The Morgan fingerprint density at radius 1 is 1.12 bits per heavy atom. The molecule has 5 atom stereocenters. The van der Waals surface area contributed by atoms with E-state index in [4.69, 9.17) is 0 Å². The molecule has 1 aliphatic carbocycles. The molecule has 1 aromatic rings. The minimum absolute atomic E-state index is 0.0440. The number of rotatable bonds is 9. The van der Waals surface area contributed by atoms with Gasteiger partial charge in [-0.25, -0.2) is 0 Å². The summed E-state index contributed by atoms with van der Waals surface area (Å²) in [5.41, 5.74) is 0.756. The van der Waals surface area contributed by atoms with Crippen molar-refractivity contribution in [2.24, 2.45) is 11.8 Å². The first-order valence-electron chi connectivity index (χ1n) is 12.9. The molecule has 4 N–H and O–H groups in total. The number of aliphatic hydroxyl groups is 1. The molecule has 5 unspecified atom stereocenters. The van der Waals surface area contributed by atoms with Crippen LogP contribution < -0.4 is 16.0 Å². The van der Waals surface area contributed by atoms with Gasteiger partial charge in [-0.15, -0.1) is 0 Å². The number of β-amino-alcohol motifs (C(OH)–C–C–N with tert-alkyl or cyclic N) is 1. The number of nitrogens with one attached hydrogen (secondary N) is 3. The van der Waals surface area contributed by atoms with E-state index in [1.54, 1.807) is 7.05 Å². The van der Waals surface area contributed by atoms with Gasteiger partial charge >= 0.3 is 0 Å². The summed E-state index contributed by atoms with van der Waals surface area (Å²) in [6.45, 7) is 7.40. The molecule has 1 saturated carbocycles. The second-order valence-corrected chi connectivity index (χ2v) is 11.2. The van der Waals surface area contributed by atoms with Crippen LogP contribution in [0.3, 0.4) is 0 Å².